The van der Waals surface area contributed by atoms with Crippen molar-refractivity contribution in [3.8, 4) is 0 Å². The second-order valence-corrected chi connectivity index (χ2v) is 8.02. The van der Waals surface area contributed by atoms with Crippen LogP contribution in [-0.2, 0) is 29.1 Å². The Morgan fingerprint density at radius 2 is 1.76 bits per heavy atom. The SMILES string of the molecule is CCOC(=O)C(NS(=O)(=O)c1ccc(Br)s1)C(=O)OCC. The van der Waals surface area contributed by atoms with E-state index in [1.165, 1.54) is 6.07 Å². The van der Waals surface area contributed by atoms with Crippen molar-refractivity contribution in [2.24, 2.45) is 0 Å². The lowest BCUT2D eigenvalue weighted by atomic mass is 10.3. The van der Waals surface area contributed by atoms with Gasteiger partial charge < -0.3 is 9.47 Å². The topological polar surface area (TPSA) is 98.8 Å². The van der Waals surface area contributed by atoms with E-state index in [2.05, 4.69) is 25.4 Å². The third-order valence-electron chi connectivity index (χ3n) is 2.13. The highest BCUT2D eigenvalue weighted by atomic mass is 79.9. The smallest absolute Gasteiger partial charge is 0.335 e. The van der Waals surface area contributed by atoms with E-state index in [9.17, 15) is 18.0 Å². The molecule has 0 aromatic carbocycles. The molecule has 1 heterocycles. The summed E-state index contributed by atoms with van der Waals surface area (Å²) in [6.45, 7) is 3.12. The monoisotopic (exact) mass is 399 g/mol. The molecule has 7 nitrogen and oxygen atoms in total. The number of halogens is 1. The van der Waals surface area contributed by atoms with Gasteiger partial charge in [0, 0.05) is 0 Å². The van der Waals surface area contributed by atoms with Crippen molar-refractivity contribution >= 4 is 49.2 Å². The maximum atomic E-state index is 12.1. The van der Waals surface area contributed by atoms with Crippen LogP contribution in [0.5, 0.6) is 0 Å². The summed E-state index contributed by atoms with van der Waals surface area (Å²) in [5.74, 6) is -2.01. The Hall–Kier alpha value is -0.970. The average Bonchev–Trinajstić information content (AvgIpc) is 2.84. The van der Waals surface area contributed by atoms with Gasteiger partial charge in [-0.25, -0.2) is 18.0 Å². The summed E-state index contributed by atoms with van der Waals surface area (Å²) in [5.41, 5.74) is 0. The number of sulfonamides is 1. The van der Waals surface area contributed by atoms with Gasteiger partial charge in [0.25, 0.3) is 10.0 Å². The molecule has 1 N–H and O–H groups in total. The van der Waals surface area contributed by atoms with Crippen LogP contribution in [0.1, 0.15) is 13.8 Å². The summed E-state index contributed by atoms with van der Waals surface area (Å²) < 4.78 is 36.2. The molecule has 0 saturated carbocycles. The van der Waals surface area contributed by atoms with E-state index >= 15 is 0 Å². The first-order valence-electron chi connectivity index (χ1n) is 5.92. The molecule has 0 unspecified atom stereocenters. The Labute approximate surface area is 134 Å². The third kappa shape index (κ3) is 5.06. The fourth-order valence-electron chi connectivity index (χ4n) is 1.30. The van der Waals surface area contributed by atoms with E-state index in [4.69, 9.17) is 0 Å². The Morgan fingerprint density at radius 3 is 2.14 bits per heavy atom. The van der Waals surface area contributed by atoms with Gasteiger partial charge in [-0.1, -0.05) is 0 Å². The van der Waals surface area contributed by atoms with Crippen molar-refractivity contribution < 1.29 is 27.5 Å². The zero-order chi connectivity index (χ0) is 16.0. The zero-order valence-corrected chi connectivity index (χ0v) is 14.5. The largest absolute Gasteiger partial charge is 0.464 e. The van der Waals surface area contributed by atoms with Crippen molar-refractivity contribution in [2.45, 2.75) is 24.1 Å². The van der Waals surface area contributed by atoms with Gasteiger partial charge in [0.1, 0.15) is 4.21 Å². The van der Waals surface area contributed by atoms with Gasteiger partial charge in [0.15, 0.2) is 0 Å². The van der Waals surface area contributed by atoms with E-state index < -0.39 is 28.0 Å². The molecule has 1 aromatic heterocycles. The number of thiophene rings is 1. The van der Waals surface area contributed by atoms with Gasteiger partial charge in [-0.15, -0.1) is 11.3 Å². The van der Waals surface area contributed by atoms with Gasteiger partial charge in [-0.2, -0.15) is 4.72 Å². The molecule has 0 amide bonds. The number of esters is 2. The molecule has 0 aliphatic rings. The predicted octanol–water partition coefficient (Wildman–Crippen LogP) is 1.28. The lowest BCUT2D eigenvalue weighted by Gasteiger charge is -2.15. The molecule has 0 bridgehead atoms. The number of carbonyl (C=O) groups excluding carboxylic acids is 2. The molecule has 0 radical (unpaired) electrons. The number of ether oxygens (including phenoxy) is 2. The maximum Gasteiger partial charge on any atom is 0.335 e. The first-order valence-corrected chi connectivity index (χ1v) is 9.02. The summed E-state index contributed by atoms with van der Waals surface area (Å²) in [6, 6.07) is 1.17. The van der Waals surface area contributed by atoms with Crippen LogP contribution in [0.2, 0.25) is 0 Å². The Bertz CT molecular complexity index is 594. The molecule has 0 spiro atoms. The molecular formula is C11H14BrNO6S2. The summed E-state index contributed by atoms with van der Waals surface area (Å²) >= 11 is 4.09. The highest BCUT2D eigenvalue weighted by Gasteiger charge is 2.34. The summed E-state index contributed by atoms with van der Waals surface area (Å²) in [7, 11) is -4.03. The zero-order valence-electron chi connectivity index (χ0n) is 11.3. The van der Waals surface area contributed by atoms with Crippen molar-refractivity contribution in [1.82, 2.24) is 4.72 Å². The minimum absolute atomic E-state index is 0.0149. The number of nitrogens with one attached hydrogen (secondary N) is 1. The van der Waals surface area contributed by atoms with E-state index in [0.29, 0.717) is 3.79 Å². The van der Waals surface area contributed by atoms with Gasteiger partial charge in [-0.3, -0.25) is 0 Å². The number of hydrogen-bond donors (Lipinski definition) is 1. The summed E-state index contributed by atoms with van der Waals surface area (Å²) in [5, 5.41) is 0. The highest BCUT2D eigenvalue weighted by Crippen LogP contribution is 2.26. The van der Waals surface area contributed by atoms with Crippen molar-refractivity contribution in [1.29, 1.82) is 0 Å². The molecule has 1 aromatic rings. The number of carbonyl (C=O) groups is 2. The minimum atomic E-state index is -4.03. The van der Waals surface area contributed by atoms with Crippen LogP contribution >= 0.6 is 27.3 Å². The van der Waals surface area contributed by atoms with E-state index in [-0.39, 0.29) is 17.4 Å². The first kappa shape index (κ1) is 18.1. The Balaban J connectivity index is 2.99. The van der Waals surface area contributed by atoms with Crippen LogP contribution in [0.25, 0.3) is 0 Å². The maximum absolute atomic E-state index is 12.1. The van der Waals surface area contributed by atoms with Crippen LogP contribution < -0.4 is 4.72 Å². The quantitative estimate of drug-likeness (QED) is 0.547. The van der Waals surface area contributed by atoms with Crippen LogP contribution in [0, 0.1) is 0 Å². The van der Waals surface area contributed by atoms with Gasteiger partial charge in [-0.05, 0) is 41.9 Å². The van der Waals surface area contributed by atoms with Crippen LogP contribution in [0.3, 0.4) is 0 Å². The predicted molar refractivity (Wildman–Crippen MR) is 79.4 cm³/mol. The van der Waals surface area contributed by atoms with E-state index in [1.807, 2.05) is 4.72 Å². The lowest BCUT2D eigenvalue weighted by molar-refractivity contribution is -0.157. The van der Waals surface area contributed by atoms with Gasteiger partial charge in [0.2, 0.25) is 6.04 Å². The average molecular weight is 400 g/mol. The standard InChI is InChI=1S/C11H14BrNO6S2/c1-3-18-10(14)9(11(15)19-4-2)13-21(16,17)8-6-5-7(12)20-8/h5-6,9,13H,3-4H2,1-2H3. The van der Waals surface area contributed by atoms with Crippen LogP contribution in [-0.4, -0.2) is 39.6 Å². The molecule has 0 atom stereocenters. The van der Waals surface area contributed by atoms with Crippen molar-refractivity contribution in [3.63, 3.8) is 0 Å². The second kappa shape index (κ2) is 7.87. The third-order valence-corrected chi connectivity index (χ3v) is 5.67. The molecule has 0 aliphatic carbocycles. The van der Waals surface area contributed by atoms with Gasteiger partial charge >= 0.3 is 11.9 Å². The molecule has 21 heavy (non-hydrogen) atoms. The number of hydrogen-bond acceptors (Lipinski definition) is 7. The summed E-state index contributed by atoms with van der Waals surface area (Å²) in [6.07, 6.45) is 0. The normalized spacial score (nSPS) is 11.4. The summed E-state index contributed by atoms with van der Waals surface area (Å²) in [4.78, 5) is 23.4. The van der Waals surface area contributed by atoms with E-state index in [0.717, 1.165) is 11.3 Å². The highest BCUT2D eigenvalue weighted by molar-refractivity contribution is 9.11. The molecule has 0 saturated heterocycles. The Kier molecular flexibility index (Phi) is 6.78. The molecule has 10 heteroatoms. The van der Waals surface area contributed by atoms with Crippen molar-refractivity contribution in [3.05, 3.63) is 15.9 Å². The lowest BCUT2D eigenvalue weighted by Crippen LogP contribution is -2.48. The first-order chi connectivity index (χ1) is 9.81. The van der Waals surface area contributed by atoms with E-state index in [1.54, 1.807) is 19.9 Å². The minimum Gasteiger partial charge on any atom is -0.464 e. The molecule has 0 fully saturated rings. The molecule has 0 aliphatic heterocycles. The number of rotatable bonds is 7. The second-order valence-electron chi connectivity index (χ2n) is 3.62. The molecular weight excluding hydrogens is 386 g/mol. The van der Waals surface area contributed by atoms with Gasteiger partial charge in [0.05, 0.1) is 17.0 Å². The fourth-order valence-corrected chi connectivity index (χ4v) is 4.46. The molecule has 118 valence electrons. The van der Waals surface area contributed by atoms with Crippen LogP contribution in [0.4, 0.5) is 0 Å². The Morgan fingerprint density at radius 1 is 1.24 bits per heavy atom. The molecule has 1 rings (SSSR count). The fraction of sp³-hybridized carbons (Fsp3) is 0.455. The van der Waals surface area contributed by atoms with Crippen LogP contribution in [0.15, 0.2) is 20.1 Å². The van der Waals surface area contributed by atoms with Crippen molar-refractivity contribution in [2.75, 3.05) is 13.2 Å².